The average molecular weight is 472 g/mol. The number of hydrogen-bond acceptors (Lipinski definition) is 5. The minimum Gasteiger partial charge on any atom is -0.496 e. The largest absolute Gasteiger partial charge is 0.496 e. The molecule has 3 aromatic carbocycles. The number of ether oxygens (including phenoxy) is 1. The van der Waals surface area contributed by atoms with E-state index in [1.54, 1.807) is 54.6 Å². The highest BCUT2D eigenvalue weighted by Crippen LogP contribution is 2.16. The van der Waals surface area contributed by atoms with Gasteiger partial charge in [-0.1, -0.05) is 60.2 Å². The molecule has 3 aromatic rings. The van der Waals surface area contributed by atoms with E-state index in [1.165, 1.54) is 25.3 Å². The number of carboxylic acid groups (broad SMARTS) is 2. The number of methoxy groups -OCH3 is 1. The van der Waals surface area contributed by atoms with Crippen LogP contribution in [0.3, 0.4) is 0 Å². The van der Waals surface area contributed by atoms with Crippen molar-refractivity contribution in [2.75, 3.05) is 7.11 Å². The Bertz CT molecular complexity index is 1180. The van der Waals surface area contributed by atoms with E-state index in [1.807, 2.05) is 13.0 Å². The number of aliphatic carboxylic acids is 1. The van der Waals surface area contributed by atoms with Crippen LogP contribution in [-0.2, 0) is 21.2 Å². The van der Waals surface area contributed by atoms with E-state index in [9.17, 15) is 23.1 Å². The van der Waals surface area contributed by atoms with Crippen molar-refractivity contribution in [1.29, 1.82) is 0 Å². The Labute approximate surface area is 192 Å². The van der Waals surface area contributed by atoms with Gasteiger partial charge in [0.1, 0.15) is 17.4 Å². The number of sulfonamides is 1. The number of aromatic carboxylic acids is 1. The summed E-state index contributed by atoms with van der Waals surface area (Å²) in [6.45, 7) is 1.85. The van der Waals surface area contributed by atoms with E-state index in [-0.39, 0.29) is 16.9 Å². The molecular formula is C24H25NO7S. The molecule has 9 heteroatoms. The molecule has 0 amide bonds. The standard InChI is InChI=1S/C16H17NO4S.C8H8O3/c1-12-7-9-14(10-8-12)22(20,21)17-15(16(18)19)11-13-5-3-2-4-6-13;1-11-7-5-3-2-4-6(7)8(9)10/h2-10,15,17H,11H2,1H3,(H,18,19);2-5H,1H3,(H,9,10)/t15-;/m0./s1. The first-order valence-corrected chi connectivity index (χ1v) is 11.3. The van der Waals surface area contributed by atoms with Crippen LogP contribution in [0.4, 0.5) is 0 Å². The number of carboxylic acids is 2. The maximum absolute atomic E-state index is 12.3. The summed E-state index contributed by atoms with van der Waals surface area (Å²) in [5, 5.41) is 17.9. The zero-order chi connectivity index (χ0) is 24.4. The first kappa shape index (κ1) is 25.6. The second kappa shape index (κ2) is 11.8. The van der Waals surface area contributed by atoms with Crippen LogP contribution in [0.1, 0.15) is 21.5 Å². The molecule has 0 bridgehead atoms. The van der Waals surface area contributed by atoms with Gasteiger partial charge in [-0.25, -0.2) is 13.2 Å². The topological polar surface area (TPSA) is 130 Å². The van der Waals surface area contributed by atoms with E-state index in [4.69, 9.17) is 9.84 Å². The molecule has 3 N–H and O–H groups in total. The first-order valence-electron chi connectivity index (χ1n) is 9.86. The van der Waals surface area contributed by atoms with Crippen molar-refractivity contribution in [2.24, 2.45) is 0 Å². The summed E-state index contributed by atoms with van der Waals surface area (Å²) < 4.78 is 31.6. The molecule has 0 aliphatic rings. The van der Waals surface area contributed by atoms with Crippen LogP contribution in [-0.4, -0.2) is 43.7 Å². The van der Waals surface area contributed by atoms with Crippen LogP contribution in [0.15, 0.2) is 83.8 Å². The van der Waals surface area contributed by atoms with Crippen molar-refractivity contribution in [1.82, 2.24) is 4.72 Å². The molecule has 8 nitrogen and oxygen atoms in total. The maximum atomic E-state index is 12.3. The molecule has 0 spiro atoms. The zero-order valence-electron chi connectivity index (χ0n) is 18.1. The van der Waals surface area contributed by atoms with Crippen molar-refractivity contribution in [3.8, 4) is 5.75 Å². The molecule has 0 aliphatic carbocycles. The second-order valence-corrected chi connectivity index (χ2v) is 8.73. The Kier molecular flexibility index (Phi) is 9.14. The summed E-state index contributed by atoms with van der Waals surface area (Å²) in [6, 6.07) is 20.4. The van der Waals surface area contributed by atoms with Crippen molar-refractivity contribution in [2.45, 2.75) is 24.3 Å². The molecule has 0 aromatic heterocycles. The predicted molar refractivity (Wildman–Crippen MR) is 123 cm³/mol. The highest BCUT2D eigenvalue weighted by molar-refractivity contribution is 7.89. The Balaban J connectivity index is 0.000000294. The molecule has 0 radical (unpaired) electrons. The number of para-hydroxylation sites is 1. The number of carbonyl (C=O) groups is 2. The van der Waals surface area contributed by atoms with Crippen LogP contribution in [0.2, 0.25) is 0 Å². The van der Waals surface area contributed by atoms with Gasteiger partial charge in [-0.15, -0.1) is 0 Å². The average Bonchev–Trinajstić information content (AvgIpc) is 2.79. The molecule has 0 aliphatic heterocycles. The minimum absolute atomic E-state index is 0.0532. The number of rotatable bonds is 8. The van der Waals surface area contributed by atoms with Gasteiger partial charge in [0.05, 0.1) is 12.0 Å². The molecule has 0 fully saturated rings. The van der Waals surface area contributed by atoms with E-state index >= 15 is 0 Å². The van der Waals surface area contributed by atoms with Gasteiger partial charge in [-0.2, -0.15) is 4.72 Å². The van der Waals surface area contributed by atoms with E-state index in [2.05, 4.69) is 4.72 Å². The fourth-order valence-corrected chi connectivity index (χ4v) is 4.01. The SMILES string of the molecule is COc1ccccc1C(=O)O.Cc1ccc(S(=O)(=O)N[C@@H](Cc2ccccc2)C(=O)O)cc1. The Morgan fingerprint density at radius 1 is 0.909 bits per heavy atom. The Morgan fingerprint density at radius 2 is 1.48 bits per heavy atom. The first-order chi connectivity index (χ1) is 15.6. The van der Waals surface area contributed by atoms with Gasteiger partial charge in [0.15, 0.2) is 0 Å². The third-order valence-electron chi connectivity index (χ3n) is 4.55. The Hall–Kier alpha value is -3.69. The van der Waals surface area contributed by atoms with Gasteiger partial charge in [-0.3, -0.25) is 4.79 Å². The summed E-state index contributed by atoms with van der Waals surface area (Å²) in [6.07, 6.45) is 0.0846. The van der Waals surface area contributed by atoms with E-state index in [0.29, 0.717) is 5.75 Å². The summed E-state index contributed by atoms with van der Waals surface area (Å²) >= 11 is 0. The smallest absolute Gasteiger partial charge is 0.339 e. The number of benzene rings is 3. The molecule has 0 saturated carbocycles. The summed E-state index contributed by atoms with van der Waals surface area (Å²) in [5.74, 6) is -1.79. The van der Waals surface area contributed by atoms with E-state index in [0.717, 1.165) is 11.1 Å². The number of nitrogens with one attached hydrogen (secondary N) is 1. The summed E-state index contributed by atoms with van der Waals surface area (Å²) in [7, 11) is -2.43. The minimum atomic E-state index is -3.87. The molecular weight excluding hydrogens is 446 g/mol. The molecule has 0 unspecified atom stereocenters. The molecule has 0 saturated heterocycles. The van der Waals surface area contributed by atoms with Crippen molar-refractivity contribution in [3.05, 3.63) is 95.6 Å². The molecule has 0 heterocycles. The third kappa shape index (κ3) is 7.74. The molecule has 174 valence electrons. The van der Waals surface area contributed by atoms with Gasteiger partial charge in [0, 0.05) is 0 Å². The van der Waals surface area contributed by atoms with Gasteiger partial charge >= 0.3 is 11.9 Å². The van der Waals surface area contributed by atoms with Crippen molar-refractivity contribution >= 4 is 22.0 Å². The van der Waals surface area contributed by atoms with Crippen LogP contribution >= 0.6 is 0 Å². The van der Waals surface area contributed by atoms with Gasteiger partial charge < -0.3 is 14.9 Å². The molecule has 1 atom stereocenters. The van der Waals surface area contributed by atoms with Crippen molar-refractivity contribution in [3.63, 3.8) is 0 Å². The molecule has 33 heavy (non-hydrogen) atoms. The lowest BCUT2D eigenvalue weighted by Crippen LogP contribution is -2.42. The lowest BCUT2D eigenvalue weighted by atomic mass is 10.1. The summed E-state index contributed by atoms with van der Waals surface area (Å²) in [4.78, 5) is 21.9. The van der Waals surface area contributed by atoms with Crippen LogP contribution < -0.4 is 9.46 Å². The quantitative estimate of drug-likeness (QED) is 0.459. The van der Waals surface area contributed by atoms with Crippen LogP contribution in [0.5, 0.6) is 5.75 Å². The second-order valence-electron chi connectivity index (χ2n) is 7.02. The number of hydrogen-bond donors (Lipinski definition) is 3. The van der Waals surface area contributed by atoms with Gasteiger partial charge in [0.2, 0.25) is 10.0 Å². The highest BCUT2D eigenvalue weighted by atomic mass is 32.2. The van der Waals surface area contributed by atoms with E-state index < -0.39 is 28.0 Å². The summed E-state index contributed by atoms with van der Waals surface area (Å²) in [5.41, 5.74) is 1.87. The predicted octanol–water partition coefficient (Wildman–Crippen LogP) is 3.36. The third-order valence-corrected chi connectivity index (χ3v) is 6.03. The molecule has 3 rings (SSSR count). The fraction of sp³-hybridized carbons (Fsp3) is 0.167. The van der Waals surface area contributed by atoms with Gasteiger partial charge in [0.25, 0.3) is 0 Å². The monoisotopic (exact) mass is 471 g/mol. The maximum Gasteiger partial charge on any atom is 0.339 e. The van der Waals surface area contributed by atoms with Crippen LogP contribution in [0, 0.1) is 6.92 Å². The van der Waals surface area contributed by atoms with Crippen LogP contribution in [0.25, 0.3) is 0 Å². The number of aryl methyl sites for hydroxylation is 1. The van der Waals surface area contributed by atoms with Crippen molar-refractivity contribution < 1.29 is 33.0 Å². The normalized spacial score (nSPS) is 11.6. The zero-order valence-corrected chi connectivity index (χ0v) is 19.0. The fourth-order valence-electron chi connectivity index (χ4n) is 2.82. The highest BCUT2D eigenvalue weighted by Gasteiger charge is 2.25. The Morgan fingerprint density at radius 3 is 2.00 bits per heavy atom. The lowest BCUT2D eigenvalue weighted by molar-refractivity contribution is -0.138. The lowest BCUT2D eigenvalue weighted by Gasteiger charge is -2.15. The van der Waals surface area contributed by atoms with Gasteiger partial charge in [-0.05, 0) is 43.2 Å².